The van der Waals surface area contributed by atoms with Crippen molar-refractivity contribution in [2.24, 2.45) is 7.05 Å². The largest absolute Gasteiger partial charge is 0.455 e. The van der Waals surface area contributed by atoms with E-state index in [4.69, 9.17) is 4.42 Å². The van der Waals surface area contributed by atoms with E-state index in [2.05, 4.69) is 48.9 Å². The summed E-state index contributed by atoms with van der Waals surface area (Å²) >= 11 is 0. The molecule has 0 saturated heterocycles. The van der Waals surface area contributed by atoms with Crippen LogP contribution in [0.2, 0.25) is 0 Å². The topological polar surface area (TPSA) is 17.0 Å². The molecule has 4 rings (SSSR count). The van der Waals surface area contributed by atoms with Gasteiger partial charge in [-0.2, -0.15) is 0 Å². The Labute approximate surface area is 152 Å². The molecule has 0 atom stereocenters. The lowest BCUT2D eigenvalue weighted by molar-refractivity contribution is -0.660. The van der Waals surface area contributed by atoms with Gasteiger partial charge >= 0.3 is 0 Å². The average Bonchev–Trinajstić information content (AvgIpc) is 2.94. The van der Waals surface area contributed by atoms with Crippen molar-refractivity contribution in [3.8, 4) is 11.3 Å². The van der Waals surface area contributed by atoms with Crippen molar-refractivity contribution in [1.29, 1.82) is 0 Å². The molecule has 0 aliphatic heterocycles. The molecular weight excluding hydrogens is 325 g/mol. The van der Waals surface area contributed by atoms with Gasteiger partial charge in [0.25, 0.3) is 0 Å². The summed E-state index contributed by atoms with van der Waals surface area (Å²) < 4.78 is 22.9. The van der Waals surface area contributed by atoms with E-state index in [0.29, 0.717) is 11.1 Å². The van der Waals surface area contributed by atoms with E-state index in [1.807, 2.05) is 27.0 Å². The van der Waals surface area contributed by atoms with Gasteiger partial charge in [0.2, 0.25) is 5.69 Å². The Balaban J connectivity index is 2.17. The lowest BCUT2D eigenvalue weighted by Gasteiger charge is -2.07. The van der Waals surface area contributed by atoms with Crippen molar-refractivity contribution in [2.45, 2.75) is 33.6 Å². The first-order valence-electron chi connectivity index (χ1n) is 8.99. The molecular formula is C23H23FNO+. The number of halogens is 1. The Morgan fingerprint density at radius 1 is 0.962 bits per heavy atom. The van der Waals surface area contributed by atoms with E-state index in [0.717, 1.165) is 33.2 Å². The molecule has 2 heterocycles. The molecule has 0 amide bonds. The molecule has 0 aliphatic carbocycles. The summed E-state index contributed by atoms with van der Waals surface area (Å²) in [7, 11) is 2.04. The number of aromatic nitrogens is 1. The molecule has 0 spiro atoms. The fourth-order valence-electron chi connectivity index (χ4n) is 3.78. The molecule has 3 heteroatoms. The molecule has 0 fully saturated rings. The van der Waals surface area contributed by atoms with Gasteiger partial charge in [0, 0.05) is 28.5 Å². The van der Waals surface area contributed by atoms with Gasteiger partial charge in [-0.05, 0) is 43.0 Å². The first-order valence-corrected chi connectivity index (χ1v) is 8.99. The summed E-state index contributed by atoms with van der Waals surface area (Å²) in [5.74, 6) is -0.148. The summed E-state index contributed by atoms with van der Waals surface area (Å²) in [5, 5.41) is 2.01. The molecule has 0 N–H and O–H groups in total. The van der Waals surface area contributed by atoms with Crippen LogP contribution in [0.1, 0.15) is 36.5 Å². The second kappa shape index (κ2) is 5.94. The van der Waals surface area contributed by atoms with Crippen molar-refractivity contribution in [3.05, 3.63) is 65.1 Å². The molecule has 0 aliphatic rings. The van der Waals surface area contributed by atoms with E-state index >= 15 is 0 Å². The van der Waals surface area contributed by atoms with Gasteiger partial charge in [-0.3, -0.25) is 0 Å². The smallest absolute Gasteiger partial charge is 0.216 e. The van der Waals surface area contributed by atoms with Gasteiger partial charge < -0.3 is 4.42 Å². The Bertz CT molecular complexity index is 1150. The van der Waals surface area contributed by atoms with Crippen molar-refractivity contribution in [1.82, 2.24) is 0 Å². The number of hydrogen-bond donors (Lipinski definition) is 0. The summed E-state index contributed by atoms with van der Waals surface area (Å²) in [6, 6.07) is 11.8. The second-order valence-electron chi connectivity index (χ2n) is 7.43. The summed E-state index contributed by atoms with van der Waals surface area (Å²) in [5.41, 5.74) is 6.64. The molecule has 0 unspecified atom stereocenters. The van der Waals surface area contributed by atoms with E-state index in [-0.39, 0.29) is 11.7 Å². The highest BCUT2D eigenvalue weighted by Gasteiger charge is 2.23. The maximum Gasteiger partial charge on any atom is 0.216 e. The zero-order valence-electron chi connectivity index (χ0n) is 15.9. The third-order valence-electron chi connectivity index (χ3n) is 5.14. The third-order valence-corrected chi connectivity index (χ3v) is 5.14. The first kappa shape index (κ1) is 16.8. The van der Waals surface area contributed by atoms with Gasteiger partial charge in [-0.1, -0.05) is 26.0 Å². The monoisotopic (exact) mass is 348 g/mol. The highest BCUT2D eigenvalue weighted by molar-refractivity contribution is 6.10. The molecule has 0 radical (unpaired) electrons. The highest BCUT2D eigenvalue weighted by Crippen LogP contribution is 2.40. The maximum atomic E-state index is 14.5. The van der Waals surface area contributed by atoms with Crippen molar-refractivity contribution >= 4 is 21.9 Å². The molecule has 2 aromatic heterocycles. The van der Waals surface area contributed by atoms with Gasteiger partial charge in [-0.25, -0.2) is 8.96 Å². The molecule has 132 valence electrons. The second-order valence-corrected chi connectivity index (χ2v) is 7.43. The van der Waals surface area contributed by atoms with Crippen LogP contribution in [0.4, 0.5) is 4.39 Å². The normalized spacial score (nSPS) is 11.8. The van der Waals surface area contributed by atoms with Crippen molar-refractivity contribution < 1.29 is 13.4 Å². The number of furan rings is 1. The lowest BCUT2D eigenvalue weighted by Crippen LogP contribution is -2.30. The average molecular weight is 348 g/mol. The molecule has 2 aromatic carbocycles. The third kappa shape index (κ3) is 2.42. The molecule has 26 heavy (non-hydrogen) atoms. The number of nitrogens with zero attached hydrogens (tertiary/aromatic N) is 1. The quantitative estimate of drug-likeness (QED) is 0.409. The van der Waals surface area contributed by atoms with Crippen LogP contribution in [0.25, 0.3) is 33.2 Å². The van der Waals surface area contributed by atoms with Crippen LogP contribution in [0.3, 0.4) is 0 Å². The van der Waals surface area contributed by atoms with Gasteiger partial charge in [0.15, 0.2) is 6.20 Å². The maximum absolute atomic E-state index is 14.5. The minimum atomic E-state index is -0.203. The molecule has 2 nitrogen and oxygen atoms in total. The number of pyridine rings is 1. The predicted molar refractivity (Wildman–Crippen MR) is 104 cm³/mol. The Morgan fingerprint density at radius 2 is 1.65 bits per heavy atom. The highest BCUT2D eigenvalue weighted by atomic mass is 19.1. The summed E-state index contributed by atoms with van der Waals surface area (Å²) in [6.45, 7) is 8.17. The van der Waals surface area contributed by atoms with Crippen LogP contribution in [0, 0.1) is 19.7 Å². The van der Waals surface area contributed by atoms with Crippen LogP contribution in [0.5, 0.6) is 0 Å². The number of hydrogen-bond acceptors (Lipinski definition) is 1. The van der Waals surface area contributed by atoms with E-state index in [9.17, 15) is 4.39 Å². The van der Waals surface area contributed by atoms with Crippen LogP contribution < -0.4 is 4.57 Å². The number of aryl methyl sites for hydroxylation is 3. The van der Waals surface area contributed by atoms with Crippen LogP contribution >= 0.6 is 0 Å². The zero-order chi connectivity index (χ0) is 18.6. The minimum Gasteiger partial charge on any atom is -0.455 e. The van der Waals surface area contributed by atoms with Crippen molar-refractivity contribution in [3.63, 3.8) is 0 Å². The number of fused-ring (bicyclic) bond motifs is 3. The minimum absolute atomic E-state index is 0.0545. The first-order chi connectivity index (χ1) is 12.4. The van der Waals surface area contributed by atoms with Gasteiger partial charge in [0.1, 0.15) is 24.0 Å². The van der Waals surface area contributed by atoms with Crippen LogP contribution in [-0.4, -0.2) is 0 Å². The SMILES string of the molecule is Cc1cc[n+](C)c(-c2c(C)ccc3c2oc2c(C(C)C)c(F)ccc23)c1. The Hall–Kier alpha value is -2.68. The summed E-state index contributed by atoms with van der Waals surface area (Å²) in [4.78, 5) is 0. The Kier molecular flexibility index (Phi) is 3.83. The Morgan fingerprint density at radius 3 is 2.38 bits per heavy atom. The van der Waals surface area contributed by atoms with Crippen LogP contribution in [0.15, 0.2) is 47.0 Å². The van der Waals surface area contributed by atoms with Gasteiger partial charge in [0.05, 0.1) is 5.56 Å². The standard InChI is InChI=1S/C23H23FNO/c1-13(2)20-18(24)9-8-17-16-7-6-15(4)21(23(16)26-22(17)20)19-12-14(3)10-11-25(19)5/h6-13H,1-5H3/q+1. The van der Waals surface area contributed by atoms with E-state index in [1.54, 1.807) is 6.07 Å². The van der Waals surface area contributed by atoms with E-state index in [1.165, 1.54) is 5.56 Å². The summed E-state index contributed by atoms with van der Waals surface area (Å²) in [6.07, 6.45) is 2.06. The fraction of sp³-hybridized carbons (Fsp3) is 0.261. The number of rotatable bonds is 2. The van der Waals surface area contributed by atoms with E-state index < -0.39 is 0 Å². The number of benzene rings is 2. The molecule has 0 saturated carbocycles. The molecule has 4 aromatic rings. The molecule has 0 bridgehead atoms. The fourth-order valence-corrected chi connectivity index (χ4v) is 3.78. The van der Waals surface area contributed by atoms with Crippen molar-refractivity contribution in [2.75, 3.05) is 0 Å². The zero-order valence-corrected chi connectivity index (χ0v) is 15.9. The van der Waals surface area contributed by atoms with Crippen LogP contribution in [-0.2, 0) is 7.05 Å². The van der Waals surface area contributed by atoms with Gasteiger partial charge in [-0.15, -0.1) is 0 Å². The predicted octanol–water partition coefficient (Wildman–Crippen LogP) is 5.96. The lowest BCUT2D eigenvalue weighted by atomic mass is 9.97.